The van der Waals surface area contributed by atoms with Crippen molar-refractivity contribution in [3.8, 4) is 0 Å². The van der Waals surface area contributed by atoms with Crippen LogP contribution in [0.2, 0.25) is 0 Å². The van der Waals surface area contributed by atoms with Crippen molar-refractivity contribution in [2.24, 2.45) is 0 Å². The second kappa shape index (κ2) is 6.46. The summed E-state index contributed by atoms with van der Waals surface area (Å²) in [5, 5.41) is 35.1. The smallest absolute Gasteiger partial charge is 0.151 e. The van der Waals surface area contributed by atoms with Crippen LogP contribution >= 0.6 is 9.90 Å². The van der Waals surface area contributed by atoms with Gasteiger partial charge in [0, 0.05) is 0 Å². The van der Waals surface area contributed by atoms with Crippen molar-refractivity contribution >= 4 is 16.2 Å². The van der Waals surface area contributed by atoms with E-state index in [2.05, 4.69) is 0 Å². The molecule has 0 fully saturated rings. The van der Waals surface area contributed by atoms with Crippen molar-refractivity contribution in [2.45, 2.75) is 31.3 Å². The van der Waals surface area contributed by atoms with Crippen molar-refractivity contribution < 1.29 is 25.2 Å². The molecule has 0 heterocycles. The zero-order valence-electron chi connectivity index (χ0n) is 6.79. The maximum absolute atomic E-state index is 9.87. The van der Waals surface area contributed by atoms with E-state index in [9.17, 15) is 4.79 Å². The van der Waals surface area contributed by atoms with Crippen molar-refractivity contribution in [1.82, 2.24) is 0 Å². The van der Waals surface area contributed by atoms with Gasteiger partial charge >= 0.3 is 0 Å². The maximum atomic E-state index is 9.87. The van der Waals surface area contributed by atoms with E-state index < -0.39 is 24.4 Å². The molecule has 0 aromatic heterocycles. The van der Waals surface area contributed by atoms with Gasteiger partial charge in [0.15, 0.2) is 6.29 Å². The molecule has 5 atom stereocenters. The Balaban J connectivity index is 0. The Morgan fingerprint density at radius 2 is 1.50 bits per heavy atom. The van der Waals surface area contributed by atoms with E-state index in [-0.39, 0.29) is 16.2 Å². The zero-order chi connectivity index (χ0) is 9.02. The van der Waals surface area contributed by atoms with Gasteiger partial charge in [0.2, 0.25) is 0 Å². The average molecular weight is 198 g/mol. The van der Waals surface area contributed by atoms with E-state index >= 15 is 0 Å². The summed E-state index contributed by atoms with van der Waals surface area (Å²) in [6.45, 7) is 1.24. The number of carbonyl (C=O) groups excluding carboxylic acids is 1. The number of carbonyl (C=O) groups is 1. The van der Waals surface area contributed by atoms with Crippen LogP contribution in [0.1, 0.15) is 6.92 Å². The lowest BCUT2D eigenvalue weighted by molar-refractivity contribution is -0.132. The molecule has 0 bridgehead atoms. The number of aldehydes is 1. The van der Waals surface area contributed by atoms with Gasteiger partial charge in [-0.3, -0.25) is 0 Å². The molecule has 0 aromatic rings. The fourth-order valence-corrected chi connectivity index (χ4v) is 0.568. The first-order valence-corrected chi connectivity index (χ1v) is 3.18. The summed E-state index contributed by atoms with van der Waals surface area (Å²) in [4.78, 5) is 9.87. The molecular weight excluding hydrogens is 183 g/mol. The minimum absolute atomic E-state index is 0. The summed E-state index contributed by atoms with van der Waals surface area (Å²) in [6.07, 6.45) is -5.88. The second-order valence-electron chi connectivity index (χ2n) is 2.35. The molecule has 12 heavy (non-hydrogen) atoms. The van der Waals surface area contributed by atoms with E-state index in [1.54, 1.807) is 0 Å². The lowest BCUT2D eigenvalue weighted by Gasteiger charge is -2.21. The fourth-order valence-electron chi connectivity index (χ4n) is 0.568. The Labute approximate surface area is 73.7 Å². The quantitative estimate of drug-likeness (QED) is 0.301. The predicted octanol–water partition coefficient (Wildman–Crippen LogP) is -2.29. The van der Waals surface area contributed by atoms with Gasteiger partial charge in [-0.15, -0.1) is 0 Å². The lowest BCUT2D eigenvalue weighted by atomic mass is 10.1. The Hall–Kier alpha value is -0.0600. The molecule has 0 radical (unpaired) electrons. The number of hydrogen-bond donors (Lipinski definition) is 4. The molecule has 5 unspecified atom stereocenters. The number of aliphatic hydroxyl groups excluding tert-OH is 4. The highest BCUT2D eigenvalue weighted by Crippen LogP contribution is 2.02. The molecule has 0 aliphatic heterocycles. The van der Waals surface area contributed by atoms with Crippen LogP contribution in [-0.4, -0.2) is 51.1 Å². The van der Waals surface area contributed by atoms with Gasteiger partial charge < -0.3 is 25.2 Å². The molecule has 0 aliphatic carbocycles. The highest BCUT2D eigenvalue weighted by atomic mass is 31.0. The summed E-state index contributed by atoms with van der Waals surface area (Å²) in [6, 6.07) is 0. The molecule has 0 saturated heterocycles. The third kappa shape index (κ3) is 4.09. The standard InChI is InChI=1S/C6H12O5.H3P/c1-3(8)5(10)6(11)4(9)2-7;/h2-6,8-11H,1H3;1H3. The van der Waals surface area contributed by atoms with Crippen molar-refractivity contribution in [2.75, 3.05) is 0 Å². The van der Waals surface area contributed by atoms with Crippen LogP contribution < -0.4 is 0 Å². The van der Waals surface area contributed by atoms with E-state index in [0.29, 0.717) is 0 Å². The average Bonchev–Trinajstić information content (AvgIpc) is 2.00. The lowest BCUT2D eigenvalue weighted by Crippen LogP contribution is -2.43. The Kier molecular flexibility index (Phi) is 7.78. The van der Waals surface area contributed by atoms with Crippen LogP contribution in [0.5, 0.6) is 0 Å². The SMILES string of the molecule is CC(O)C(O)C(O)C(O)C=O.P. The normalized spacial score (nSPS) is 20.1. The third-order valence-corrected chi connectivity index (χ3v) is 1.33. The molecule has 0 saturated carbocycles. The van der Waals surface area contributed by atoms with Gasteiger partial charge in [0.25, 0.3) is 0 Å². The number of rotatable bonds is 4. The Morgan fingerprint density at radius 3 is 1.75 bits per heavy atom. The summed E-state index contributed by atoms with van der Waals surface area (Å²) < 4.78 is 0. The molecule has 0 amide bonds. The fraction of sp³-hybridized carbons (Fsp3) is 0.833. The molecular formula is C6H15O5P. The van der Waals surface area contributed by atoms with Crippen LogP contribution in [0.25, 0.3) is 0 Å². The molecule has 0 rings (SSSR count). The third-order valence-electron chi connectivity index (χ3n) is 1.33. The van der Waals surface area contributed by atoms with Gasteiger partial charge in [-0.1, -0.05) is 0 Å². The van der Waals surface area contributed by atoms with E-state index in [1.165, 1.54) is 6.92 Å². The van der Waals surface area contributed by atoms with Gasteiger partial charge in [-0.25, -0.2) is 0 Å². The number of hydrogen-bond acceptors (Lipinski definition) is 5. The van der Waals surface area contributed by atoms with Crippen LogP contribution in [0.4, 0.5) is 0 Å². The largest absolute Gasteiger partial charge is 0.391 e. The molecule has 0 aromatic carbocycles. The first-order chi connectivity index (χ1) is 5.00. The highest BCUT2D eigenvalue weighted by molar-refractivity contribution is 6.92. The predicted molar refractivity (Wildman–Crippen MR) is 46.9 cm³/mol. The Morgan fingerprint density at radius 1 is 1.08 bits per heavy atom. The first kappa shape index (κ1) is 14.5. The molecule has 5 nitrogen and oxygen atoms in total. The zero-order valence-corrected chi connectivity index (χ0v) is 8.21. The molecule has 74 valence electrons. The first-order valence-electron chi connectivity index (χ1n) is 3.18. The topological polar surface area (TPSA) is 98.0 Å². The van der Waals surface area contributed by atoms with Gasteiger partial charge in [0.1, 0.15) is 18.3 Å². The van der Waals surface area contributed by atoms with Gasteiger partial charge in [0.05, 0.1) is 6.10 Å². The van der Waals surface area contributed by atoms with E-state index in [1.807, 2.05) is 0 Å². The van der Waals surface area contributed by atoms with Crippen LogP contribution in [-0.2, 0) is 4.79 Å². The van der Waals surface area contributed by atoms with Crippen molar-refractivity contribution in [3.05, 3.63) is 0 Å². The maximum Gasteiger partial charge on any atom is 0.151 e. The minimum Gasteiger partial charge on any atom is -0.391 e. The molecule has 0 spiro atoms. The van der Waals surface area contributed by atoms with E-state index in [4.69, 9.17) is 20.4 Å². The summed E-state index contributed by atoms with van der Waals surface area (Å²) >= 11 is 0. The van der Waals surface area contributed by atoms with Crippen LogP contribution in [0, 0.1) is 0 Å². The van der Waals surface area contributed by atoms with Crippen molar-refractivity contribution in [3.63, 3.8) is 0 Å². The summed E-state index contributed by atoms with van der Waals surface area (Å²) in [5.41, 5.74) is 0. The van der Waals surface area contributed by atoms with Crippen molar-refractivity contribution in [1.29, 1.82) is 0 Å². The molecule has 6 heteroatoms. The van der Waals surface area contributed by atoms with Gasteiger partial charge in [-0.2, -0.15) is 9.90 Å². The Bertz CT molecular complexity index is 129. The number of aliphatic hydroxyl groups is 4. The molecule has 0 aliphatic rings. The minimum atomic E-state index is -1.65. The summed E-state index contributed by atoms with van der Waals surface area (Å²) in [5.74, 6) is 0. The van der Waals surface area contributed by atoms with Crippen LogP contribution in [0.3, 0.4) is 0 Å². The molecule has 4 N–H and O–H groups in total. The van der Waals surface area contributed by atoms with Gasteiger partial charge in [-0.05, 0) is 6.92 Å². The summed E-state index contributed by atoms with van der Waals surface area (Å²) in [7, 11) is 0. The van der Waals surface area contributed by atoms with Crippen LogP contribution in [0.15, 0.2) is 0 Å². The highest BCUT2D eigenvalue weighted by Gasteiger charge is 2.27. The monoisotopic (exact) mass is 198 g/mol. The van der Waals surface area contributed by atoms with E-state index in [0.717, 1.165) is 0 Å². The second-order valence-corrected chi connectivity index (χ2v) is 2.35.